The van der Waals surface area contributed by atoms with E-state index in [2.05, 4.69) is 217 Å². The minimum Gasteiger partial charge on any atom is -0.456 e. The van der Waals surface area contributed by atoms with Gasteiger partial charge in [-0.05, 0) is 97.7 Å². The summed E-state index contributed by atoms with van der Waals surface area (Å²) in [5.74, 6) is 0. The lowest BCUT2D eigenvalue weighted by Crippen LogP contribution is -2.10. The topological polar surface area (TPSA) is 16.4 Å². The van der Waals surface area contributed by atoms with Gasteiger partial charge in [-0.25, -0.2) is 0 Å². The van der Waals surface area contributed by atoms with E-state index >= 15 is 0 Å². The van der Waals surface area contributed by atoms with Crippen LogP contribution in [0.3, 0.4) is 0 Å². The second-order valence-electron chi connectivity index (χ2n) is 13.7. The zero-order valence-electron chi connectivity index (χ0n) is 29.6. The molecule has 0 fully saturated rings. The van der Waals surface area contributed by atoms with E-state index in [4.69, 9.17) is 4.42 Å². The lowest BCUT2D eigenvalue weighted by molar-refractivity contribution is 0.669. The maximum Gasteiger partial charge on any atom is 0.138 e. The van der Waals surface area contributed by atoms with Crippen LogP contribution in [0.25, 0.3) is 77.2 Å². The highest BCUT2D eigenvalue weighted by atomic mass is 16.3. The van der Waals surface area contributed by atoms with Crippen LogP contribution in [0.5, 0.6) is 0 Å². The molecular weight excluding hydrogens is 655 g/mol. The molecule has 1 heterocycles. The van der Waals surface area contributed by atoms with Crippen molar-refractivity contribution in [3.8, 4) is 44.5 Å². The van der Waals surface area contributed by atoms with E-state index in [1.807, 2.05) is 0 Å². The Morgan fingerprint density at radius 3 is 1.24 bits per heavy atom. The first kappa shape index (κ1) is 31.6. The van der Waals surface area contributed by atoms with Gasteiger partial charge >= 0.3 is 0 Å². The van der Waals surface area contributed by atoms with Gasteiger partial charge in [-0.1, -0.05) is 170 Å². The molecule has 0 amide bonds. The van der Waals surface area contributed by atoms with E-state index in [1.54, 1.807) is 0 Å². The molecular formula is C52H35NO. The summed E-state index contributed by atoms with van der Waals surface area (Å²) in [7, 11) is 0. The van der Waals surface area contributed by atoms with Gasteiger partial charge in [0.2, 0.25) is 0 Å². The number of rotatable bonds is 7. The van der Waals surface area contributed by atoms with Crippen LogP contribution in [0.2, 0.25) is 0 Å². The van der Waals surface area contributed by atoms with Gasteiger partial charge in [0, 0.05) is 16.8 Å². The third-order valence-corrected chi connectivity index (χ3v) is 10.5. The fourth-order valence-corrected chi connectivity index (χ4v) is 7.77. The van der Waals surface area contributed by atoms with Crippen LogP contribution in [0, 0.1) is 0 Å². The lowest BCUT2D eigenvalue weighted by Gasteiger charge is -2.27. The van der Waals surface area contributed by atoms with E-state index < -0.39 is 0 Å². The average molecular weight is 690 g/mol. The van der Waals surface area contributed by atoms with Gasteiger partial charge in [0.15, 0.2) is 0 Å². The second-order valence-corrected chi connectivity index (χ2v) is 13.7. The van der Waals surface area contributed by atoms with Gasteiger partial charge in [0.05, 0.1) is 11.1 Å². The van der Waals surface area contributed by atoms with Gasteiger partial charge in [-0.3, -0.25) is 0 Å². The van der Waals surface area contributed by atoms with E-state index in [0.717, 1.165) is 50.1 Å². The van der Waals surface area contributed by atoms with E-state index in [-0.39, 0.29) is 0 Å². The number of hydrogen-bond acceptors (Lipinski definition) is 2. The van der Waals surface area contributed by atoms with Crippen molar-refractivity contribution in [2.75, 3.05) is 4.90 Å². The standard InChI is InChI=1S/C52H35NO/c1-4-12-36(13-5-1)39-20-22-40(23-21-39)42-26-31-46(32-27-42)53(45-29-24-41(25-30-45)37-14-6-2-7-15-37)48-34-44(38-16-8-3-9-17-38)35-50-52(48)51-47-19-11-10-18-43(47)28-33-49(51)54-50/h1-35H. The van der Waals surface area contributed by atoms with Crippen molar-refractivity contribution in [1.29, 1.82) is 0 Å². The largest absolute Gasteiger partial charge is 0.456 e. The molecule has 0 aliphatic heterocycles. The highest BCUT2D eigenvalue weighted by molar-refractivity contribution is 6.23. The zero-order valence-corrected chi connectivity index (χ0v) is 29.6. The minimum absolute atomic E-state index is 0.860. The Kier molecular flexibility index (Phi) is 7.85. The first-order valence-electron chi connectivity index (χ1n) is 18.4. The van der Waals surface area contributed by atoms with Gasteiger partial charge in [-0.2, -0.15) is 0 Å². The van der Waals surface area contributed by atoms with Crippen molar-refractivity contribution >= 4 is 49.8 Å². The number of fused-ring (bicyclic) bond motifs is 5. The quantitative estimate of drug-likeness (QED) is 0.166. The smallest absolute Gasteiger partial charge is 0.138 e. The Bertz CT molecular complexity index is 2880. The summed E-state index contributed by atoms with van der Waals surface area (Å²) in [5, 5.41) is 4.58. The molecule has 0 saturated carbocycles. The molecule has 0 N–H and O–H groups in total. The van der Waals surface area contributed by atoms with Crippen LogP contribution >= 0.6 is 0 Å². The third kappa shape index (κ3) is 5.71. The molecule has 0 radical (unpaired) electrons. The molecule has 2 heteroatoms. The normalized spacial score (nSPS) is 11.3. The van der Waals surface area contributed by atoms with Crippen LogP contribution in [0.15, 0.2) is 217 Å². The molecule has 0 unspecified atom stereocenters. The highest BCUT2D eigenvalue weighted by Crippen LogP contribution is 2.47. The average Bonchev–Trinajstić information content (AvgIpc) is 3.65. The number of nitrogens with zero attached hydrogens (tertiary/aromatic N) is 1. The Morgan fingerprint density at radius 1 is 0.296 bits per heavy atom. The summed E-state index contributed by atoms with van der Waals surface area (Å²) in [4.78, 5) is 2.39. The predicted molar refractivity (Wildman–Crippen MR) is 228 cm³/mol. The zero-order chi connectivity index (χ0) is 35.8. The van der Waals surface area contributed by atoms with Crippen molar-refractivity contribution < 1.29 is 4.42 Å². The number of hydrogen-bond donors (Lipinski definition) is 0. The van der Waals surface area contributed by atoms with Crippen molar-refractivity contribution in [3.05, 3.63) is 212 Å². The summed E-state index contributed by atoms with van der Waals surface area (Å²) in [5.41, 5.74) is 14.3. The number of anilines is 3. The fraction of sp³-hybridized carbons (Fsp3) is 0. The summed E-state index contributed by atoms with van der Waals surface area (Å²) in [6.07, 6.45) is 0. The maximum atomic E-state index is 6.75. The van der Waals surface area contributed by atoms with Gasteiger partial charge < -0.3 is 9.32 Å². The van der Waals surface area contributed by atoms with Crippen LogP contribution in [-0.4, -0.2) is 0 Å². The molecule has 0 saturated heterocycles. The fourth-order valence-electron chi connectivity index (χ4n) is 7.77. The van der Waals surface area contributed by atoms with E-state index in [0.29, 0.717) is 0 Å². The molecule has 0 aliphatic rings. The first-order valence-corrected chi connectivity index (χ1v) is 18.4. The van der Waals surface area contributed by atoms with Gasteiger partial charge in [0.1, 0.15) is 11.2 Å². The molecule has 9 aromatic carbocycles. The Hall–Kier alpha value is -7.16. The lowest BCUT2D eigenvalue weighted by atomic mass is 9.97. The molecule has 0 bridgehead atoms. The van der Waals surface area contributed by atoms with Crippen LogP contribution in [0.1, 0.15) is 0 Å². The molecule has 54 heavy (non-hydrogen) atoms. The molecule has 10 aromatic rings. The van der Waals surface area contributed by atoms with E-state index in [9.17, 15) is 0 Å². The molecule has 0 spiro atoms. The maximum absolute atomic E-state index is 6.75. The third-order valence-electron chi connectivity index (χ3n) is 10.5. The van der Waals surface area contributed by atoms with Gasteiger partial charge in [0.25, 0.3) is 0 Å². The van der Waals surface area contributed by atoms with E-state index in [1.165, 1.54) is 44.2 Å². The van der Waals surface area contributed by atoms with Crippen molar-refractivity contribution in [2.45, 2.75) is 0 Å². The monoisotopic (exact) mass is 689 g/mol. The SMILES string of the molecule is c1ccc(-c2ccc(-c3ccc(N(c4ccc(-c5ccccc5)cc4)c4cc(-c5ccccc5)cc5oc6ccc7ccccc7c6c45)cc3)cc2)cc1. The van der Waals surface area contributed by atoms with Crippen molar-refractivity contribution in [1.82, 2.24) is 0 Å². The predicted octanol–water partition coefficient (Wildman–Crippen LogP) is 14.9. The molecule has 2 nitrogen and oxygen atoms in total. The van der Waals surface area contributed by atoms with Crippen molar-refractivity contribution in [2.24, 2.45) is 0 Å². The highest BCUT2D eigenvalue weighted by Gasteiger charge is 2.22. The molecule has 0 aliphatic carbocycles. The molecule has 254 valence electrons. The first-order chi connectivity index (χ1) is 26.8. The van der Waals surface area contributed by atoms with Gasteiger partial charge in [-0.15, -0.1) is 0 Å². The van der Waals surface area contributed by atoms with Crippen LogP contribution < -0.4 is 4.90 Å². The Balaban J connectivity index is 1.17. The van der Waals surface area contributed by atoms with Crippen LogP contribution in [0.4, 0.5) is 17.1 Å². The summed E-state index contributed by atoms with van der Waals surface area (Å²) in [6.45, 7) is 0. The van der Waals surface area contributed by atoms with Crippen molar-refractivity contribution in [3.63, 3.8) is 0 Å². The number of benzene rings is 9. The molecule has 10 rings (SSSR count). The number of furan rings is 1. The second kappa shape index (κ2) is 13.4. The Morgan fingerprint density at radius 2 is 0.722 bits per heavy atom. The van der Waals surface area contributed by atoms with Crippen LogP contribution in [-0.2, 0) is 0 Å². The molecule has 0 atom stereocenters. The summed E-state index contributed by atoms with van der Waals surface area (Å²) < 4.78 is 6.75. The molecule has 1 aromatic heterocycles. The summed E-state index contributed by atoms with van der Waals surface area (Å²) >= 11 is 0. The summed E-state index contributed by atoms with van der Waals surface area (Å²) in [6, 6.07) is 75.8. The minimum atomic E-state index is 0.860. The Labute approximate surface area is 314 Å².